The van der Waals surface area contributed by atoms with Crippen LogP contribution in [0.5, 0.6) is 0 Å². The first-order valence-corrected chi connectivity index (χ1v) is 10.6. The Labute approximate surface area is 179 Å². The third-order valence-corrected chi connectivity index (χ3v) is 5.51. The second-order valence-electron chi connectivity index (χ2n) is 8.85. The smallest absolute Gasteiger partial charge is 0.410 e. The lowest BCUT2D eigenvalue weighted by molar-refractivity contribution is -0.0574. The molecule has 3 rings (SSSR count). The minimum Gasteiger partial charge on any atom is -0.445 e. The van der Waals surface area contributed by atoms with E-state index in [1.54, 1.807) is 9.80 Å². The molecular weight excluding hydrogens is 382 g/mol. The second kappa shape index (κ2) is 9.51. The molecule has 1 aromatic carbocycles. The van der Waals surface area contributed by atoms with Gasteiger partial charge in [-0.15, -0.1) is 6.58 Å². The van der Waals surface area contributed by atoms with Crippen molar-refractivity contribution in [3.63, 3.8) is 0 Å². The van der Waals surface area contributed by atoms with E-state index in [9.17, 15) is 9.59 Å². The van der Waals surface area contributed by atoms with Crippen molar-refractivity contribution in [2.75, 3.05) is 32.7 Å². The highest BCUT2D eigenvalue weighted by atomic mass is 16.6. The zero-order valence-corrected chi connectivity index (χ0v) is 18.3. The molecule has 2 fully saturated rings. The molecule has 0 spiro atoms. The minimum absolute atomic E-state index is 0.0638. The largest absolute Gasteiger partial charge is 0.445 e. The van der Waals surface area contributed by atoms with E-state index in [1.165, 1.54) is 0 Å². The normalized spacial score (nSPS) is 22.2. The molecule has 2 aliphatic heterocycles. The van der Waals surface area contributed by atoms with Crippen LogP contribution in [0.2, 0.25) is 0 Å². The molecular formula is C23H33N3O4. The SMILES string of the molecule is C=CC[C@@H]1[C@@H](N2CCN(C(=O)OCc3ccccc3)CC2)CN1C(=O)OC(C)(C)C. The highest BCUT2D eigenvalue weighted by Crippen LogP contribution is 2.29. The fraction of sp³-hybridized carbons (Fsp3) is 0.565. The lowest BCUT2D eigenvalue weighted by Crippen LogP contribution is -2.70. The molecule has 1 aromatic rings. The maximum atomic E-state index is 12.5. The summed E-state index contributed by atoms with van der Waals surface area (Å²) in [6, 6.07) is 10.0. The molecule has 7 nitrogen and oxygen atoms in total. The summed E-state index contributed by atoms with van der Waals surface area (Å²) >= 11 is 0. The van der Waals surface area contributed by atoms with E-state index in [2.05, 4.69) is 11.5 Å². The van der Waals surface area contributed by atoms with Gasteiger partial charge in [0.15, 0.2) is 0 Å². The number of carbonyl (C=O) groups is 2. The first-order chi connectivity index (χ1) is 14.3. The van der Waals surface area contributed by atoms with Crippen LogP contribution in [-0.4, -0.2) is 77.3 Å². The number of piperazine rings is 1. The maximum absolute atomic E-state index is 12.5. The number of rotatable bonds is 5. The third-order valence-electron chi connectivity index (χ3n) is 5.51. The molecule has 0 bridgehead atoms. The summed E-state index contributed by atoms with van der Waals surface area (Å²) in [7, 11) is 0. The van der Waals surface area contributed by atoms with Crippen LogP contribution >= 0.6 is 0 Å². The van der Waals surface area contributed by atoms with Gasteiger partial charge in [0.2, 0.25) is 0 Å². The molecule has 164 valence electrons. The van der Waals surface area contributed by atoms with Crippen LogP contribution in [0.25, 0.3) is 0 Å². The van der Waals surface area contributed by atoms with Crippen LogP contribution in [0.1, 0.15) is 32.8 Å². The van der Waals surface area contributed by atoms with Crippen molar-refractivity contribution >= 4 is 12.2 Å². The quantitative estimate of drug-likeness (QED) is 0.689. The molecule has 0 unspecified atom stereocenters. The van der Waals surface area contributed by atoms with Crippen LogP contribution in [0.3, 0.4) is 0 Å². The van der Waals surface area contributed by atoms with Crippen molar-refractivity contribution in [1.82, 2.24) is 14.7 Å². The van der Waals surface area contributed by atoms with E-state index in [0.29, 0.717) is 19.6 Å². The summed E-state index contributed by atoms with van der Waals surface area (Å²) in [5.74, 6) is 0. The Balaban J connectivity index is 1.47. The molecule has 2 atom stereocenters. The predicted molar refractivity (Wildman–Crippen MR) is 115 cm³/mol. The van der Waals surface area contributed by atoms with Crippen molar-refractivity contribution in [2.45, 2.75) is 51.5 Å². The predicted octanol–water partition coefficient (Wildman–Crippen LogP) is 3.50. The number of benzene rings is 1. The van der Waals surface area contributed by atoms with Gasteiger partial charge in [-0.25, -0.2) is 9.59 Å². The van der Waals surface area contributed by atoms with Gasteiger partial charge in [0.05, 0.1) is 6.04 Å². The van der Waals surface area contributed by atoms with Crippen LogP contribution in [0.15, 0.2) is 43.0 Å². The fourth-order valence-electron chi connectivity index (χ4n) is 3.92. The molecule has 0 aliphatic carbocycles. The Morgan fingerprint density at radius 3 is 2.37 bits per heavy atom. The molecule has 2 amide bonds. The average Bonchev–Trinajstić information content (AvgIpc) is 2.69. The van der Waals surface area contributed by atoms with Crippen molar-refractivity contribution in [2.24, 2.45) is 0 Å². The summed E-state index contributed by atoms with van der Waals surface area (Å²) in [6.07, 6.45) is 2.04. The van der Waals surface area contributed by atoms with E-state index in [1.807, 2.05) is 57.2 Å². The van der Waals surface area contributed by atoms with Crippen LogP contribution < -0.4 is 0 Å². The minimum atomic E-state index is -0.507. The Morgan fingerprint density at radius 2 is 1.77 bits per heavy atom. The van der Waals surface area contributed by atoms with Crippen molar-refractivity contribution in [3.05, 3.63) is 48.6 Å². The van der Waals surface area contributed by atoms with E-state index in [0.717, 1.165) is 25.1 Å². The first-order valence-electron chi connectivity index (χ1n) is 10.6. The number of hydrogen-bond donors (Lipinski definition) is 0. The van der Waals surface area contributed by atoms with Crippen molar-refractivity contribution in [1.29, 1.82) is 0 Å². The van der Waals surface area contributed by atoms with Gasteiger partial charge in [-0.05, 0) is 32.8 Å². The van der Waals surface area contributed by atoms with Crippen molar-refractivity contribution < 1.29 is 19.1 Å². The third kappa shape index (κ3) is 5.53. The van der Waals surface area contributed by atoms with E-state index in [-0.39, 0.29) is 30.9 Å². The average molecular weight is 416 g/mol. The highest BCUT2D eigenvalue weighted by Gasteiger charge is 2.46. The van der Waals surface area contributed by atoms with Crippen LogP contribution in [0, 0.1) is 0 Å². The van der Waals surface area contributed by atoms with E-state index < -0.39 is 5.60 Å². The van der Waals surface area contributed by atoms with Gasteiger partial charge in [0, 0.05) is 38.8 Å². The monoisotopic (exact) mass is 415 g/mol. The number of ether oxygens (including phenoxy) is 2. The maximum Gasteiger partial charge on any atom is 0.410 e. The lowest BCUT2D eigenvalue weighted by atomic mass is 9.91. The Hall–Kier alpha value is -2.54. The molecule has 0 saturated carbocycles. The summed E-state index contributed by atoms with van der Waals surface area (Å²) in [6.45, 7) is 13.2. The molecule has 2 heterocycles. The van der Waals surface area contributed by atoms with Gasteiger partial charge in [-0.1, -0.05) is 36.4 Å². The van der Waals surface area contributed by atoms with Gasteiger partial charge >= 0.3 is 12.2 Å². The summed E-state index contributed by atoms with van der Waals surface area (Å²) in [5.41, 5.74) is 0.473. The van der Waals surface area contributed by atoms with E-state index in [4.69, 9.17) is 9.47 Å². The topological polar surface area (TPSA) is 62.3 Å². The summed E-state index contributed by atoms with van der Waals surface area (Å²) < 4.78 is 11.0. The molecule has 0 aromatic heterocycles. The van der Waals surface area contributed by atoms with Gasteiger partial charge in [-0.2, -0.15) is 0 Å². The summed E-state index contributed by atoms with van der Waals surface area (Å²) in [5, 5.41) is 0. The zero-order chi connectivity index (χ0) is 21.7. The number of nitrogens with zero attached hydrogens (tertiary/aromatic N) is 3. The van der Waals surface area contributed by atoms with Gasteiger partial charge in [0.1, 0.15) is 12.2 Å². The fourth-order valence-corrected chi connectivity index (χ4v) is 3.92. The van der Waals surface area contributed by atoms with Crippen LogP contribution in [0.4, 0.5) is 9.59 Å². The number of amides is 2. The Morgan fingerprint density at radius 1 is 1.10 bits per heavy atom. The standard InChI is InChI=1S/C23H33N3O4/c1-5-9-19-20(16-26(19)22(28)30-23(2,3)4)24-12-14-25(15-13-24)21(27)29-17-18-10-7-6-8-11-18/h5-8,10-11,19-20H,1,9,12-17H2,2-4H3/t19-,20+/m1/s1. The number of hydrogen-bond acceptors (Lipinski definition) is 5. The first kappa shape index (κ1) is 22.2. The molecule has 2 saturated heterocycles. The zero-order valence-electron chi connectivity index (χ0n) is 18.3. The van der Waals surface area contributed by atoms with Gasteiger partial charge in [0.25, 0.3) is 0 Å². The number of carbonyl (C=O) groups excluding carboxylic acids is 2. The van der Waals surface area contributed by atoms with E-state index >= 15 is 0 Å². The molecule has 7 heteroatoms. The molecule has 0 N–H and O–H groups in total. The second-order valence-corrected chi connectivity index (χ2v) is 8.85. The van der Waals surface area contributed by atoms with Crippen LogP contribution in [-0.2, 0) is 16.1 Å². The van der Waals surface area contributed by atoms with Gasteiger partial charge in [-0.3, -0.25) is 4.90 Å². The Bertz CT molecular complexity index is 739. The number of likely N-dealkylation sites (tertiary alicyclic amines) is 1. The molecule has 2 aliphatic rings. The van der Waals surface area contributed by atoms with Crippen molar-refractivity contribution in [3.8, 4) is 0 Å². The lowest BCUT2D eigenvalue weighted by Gasteiger charge is -2.53. The molecule has 30 heavy (non-hydrogen) atoms. The highest BCUT2D eigenvalue weighted by molar-refractivity contribution is 5.70. The Kier molecular flexibility index (Phi) is 7.02. The van der Waals surface area contributed by atoms with Gasteiger partial charge < -0.3 is 19.3 Å². The molecule has 0 radical (unpaired) electrons. The summed E-state index contributed by atoms with van der Waals surface area (Å²) in [4.78, 5) is 30.7.